The molecule has 1 fully saturated rings. The summed E-state index contributed by atoms with van der Waals surface area (Å²) in [4.78, 5) is 0. The van der Waals surface area contributed by atoms with Gasteiger partial charge in [-0.3, -0.25) is 0 Å². The Morgan fingerprint density at radius 2 is 2.22 bits per heavy atom. The van der Waals surface area contributed by atoms with Crippen LogP contribution < -0.4 is 0 Å². The molecule has 1 heteroatoms. The van der Waals surface area contributed by atoms with Crippen LogP contribution in [0.2, 0.25) is 0 Å². The molecule has 9 heavy (non-hydrogen) atoms. The predicted molar refractivity (Wildman–Crippen MR) is 38.2 cm³/mol. The highest BCUT2D eigenvalue weighted by atomic mass is 16.3. The molecule has 0 spiro atoms. The predicted octanol–water partition coefficient (Wildman–Crippen LogP) is 1.80. The summed E-state index contributed by atoms with van der Waals surface area (Å²) in [6.07, 6.45) is 5.19. The van der Waals surface area contributed by atoms with Gasteiger partial charge in [-0.1, -0.05) is 19.8 Å². The fraction of sp³-hybridized carbons (Fsp3) is 1.00. The minimum absolute atomic E-state index is 0.407. The van der Waals surface area contributed by atoms with Crippen molar-refractivity contribution in [2.75, 3.05) is 6.61 Å². The molecule has 0 aromatic heterocycles. The summed E-state index contributed by atoms with van der Waals surface area (Å²) in [5.41, 5.74) is 0. The van der Waals surface area contributed by atoms with Crippen LogP contribution in [0.25, 0.3) is 0 Å². The van der Waals surface area contributed by atoms with Gasteiger partial charge in [0, 0.05) is 6.61 Å². The van der Waals surface area contributed by atoms with Gasteiger partial charge in [0.05, 0.1) is 0 Å². The van der Waals surface area contributed by atoms with Crippen LogP contribution in [0.5, 0.6) is 0 Å². The summed E-state index contributed by atoms with van der Waals surface area (Å²) in [5, 5.41) is 8.81. The van der Waals surface area contributed by atoms with Crippen molar-refractivity contribution in [2.24, 2.45) is 11.8 Å². The summed E-state index contributed by atoms with van der Waals surface area (Å²) in [6.45, 7) is 2.69. The van der Waals surface area contributed by atoms with E-state index >= 15 is 0 Å². The summed E-state index contributed by atoms with van der Waals surface area (Å²) in [7, 11) is 0. The maximum Gasteiger partial charge on any atom is 0.0459 e. The molecule has 0 heterocycles. The van der Waals surface area contributed by atoms with Crippen molar-refractivity contribution >= 4 is 0 Å². The molecule has 0 amide bonds. The second-order valence-electron chi connectivity index (χ2n) is 3.32. The zero-order chi connectivity index (χ0) is 6.69. The molecule has 1 nitrogen and oxygen atoms in total. The summed E-state index contributed by atoms with van der Waals surface area (Å²) >= 11 is 0. The molecule has 1 rings (SSSR count). The molecule has 2 atom stereocenters. The van der Waals surface area contributed by atoms with E-state index < -0.39 is 0 Å². The van der Waals surface area contributed by atoms with Crippen LogP contribution >= 0.6 is 0 Å². The molecule has 0 aliphatic heterocycles. The van der Waals surface area contributed by atoms with Crippen LogP contribution in [0.15, 0.2) is 0 Å². The van der Waals surface area contributed by atoms with E-state index in [1.54, 1.807) is 0 Å². The van der Waals surface area contributed by atoms with E-state index in [-0.39, 0.29) is 0 Å². The first kappa shape index (κ1) is 7.07. The Morgan fingerprint density at radius 3 is 2.67 bits per heavy atom. The van der Waals surface area contributed by atoms with Gasteiger partial charge in [-0.15, -0.1) is 0 Å². The van der Waals surface area contributed by atoms with Crippen LogP contribution in [0, 0.1) is 11.8 Å². The van der Waals surface area contributed by atoms with Crippen molar-refractivity contribution in [3.05, 3.63) is 0 Å². The molecular formula is C8H16O. The lowest BCUT2D eigenvalue weighted by atomic mass is 9.83. The lowest BCUT2D eigenvalue weighted by Gasteiger charge is -2.24. The highest BCUT2D eigenvalue weighted by Crippen LogP contribution is 2.27. The van der Waals surface area contributed by atoms with Gasteiger partial charge in [0.15, 0.2) is 0 Å². The molecule has 0 bridgehead atoms. The average Bonchev–Trinajstić information content (AvgIpc) is 1.88. The second-order valence-corrected chi connectivity index (χ2v) is 3.32. The fourth-order valence-electron chi connectivity index (χ4n) is 1.73. The first-order chi connectivity index (χ1) is 4.33. The van der Waals surface area contributed by atoms with Crippen molar-refractivity contribution in [3.63, 3.8) is 0 Å². The van der Waals surface area contributed by atoms with Crippen LogP contribution in [0.4, 0.5) is 0 Å². The Labute approximate surface area is 57.1 Å². The van der Waals surface area contributed by atoms with E-state index in [1.165, 1.54) is 25.7 Å². The molecule has 0 saturated heterocycles. The Hall–Kier alpha value is -0.0400. The Bertz CT molecular complexity index is 80.6. The summed E-state index contributed by atoms with van der Waals surface area (Å²) in [5.74, 6) is 1.48. The lowest BCUT2D eigenvalue weighted by Crippen LogP contribution is -2.15. The molecule has 2 unspecified atom stereocenters. The maximum atomic E-state index is 8.81. The average molecular weight is 128 g/mol. The van der Waals surface area contributed by atoms with E-state index in [4.69, 9.17) is 5.11 Å². The van der Waals surface area contributed by atoms with E-state index in [1.807, 2.05) is 0 Å². The molecule has 1 aliphatic carbocycles. The number of hydrogen-bond donors (Lipinski definition) is 1. The normalized spacial score (nSPS) is 36.7. The third-order valence-electron chi connectivity index (χ3n) is 2.30. The van der Waals surface area contributed by atoms with E-state index in [0.717, 1.165) is 5.92 Å². The SMILES string of the molecule is CC1CCCC(CO)C1. The van der Waals surface area contributed by atoms with Crippen molar-refractivity contribution in [1.29, 1.82) is 0 Å². The van der Waals surface area contributed by atoms with Gasteiger partial charge in [-0.05, 0) is 24.7 Å². The van der Waals surface area contributed by atoms with E-state index in [2.05, 4.69) is 6.92 Å². The lowest BCUT2D eigenvalue weighted by molar-refractivity contribution is 0.166. The van der Waals surface area contributed by atoms with Crippen LogP contribution in [-0.2, 0) is 0 Å². The largest absolute Gasteiger partial charge is 0.396 e. The standard InChI is InChI=1S/C8H16O/c1-7-3-2-4-8(5-7)6-9/h7-9H,2-6H2,1H3. The Balaban J connectivity index is 2.23. The maximum absolute atomic E-state index is 8.81. The zero-order valence-electron chi connectivity index (χ0n) is 6.14. The van der Waals surface area contributed by atoms with Gasteiger partial charge in [0.1, 0.15) is 0 Å². The van der Waals surface area contributed by atoms with Crippen LogP contribution in [0.1, 0.15) is 32.6 Å². The van der Waals surface area contributed by atoms with Crippen molar-refractivity contribution < 1.29 is 5.11 Å². The molecular weight excluding hydrogens is 112 g/mol. The van der Waals surface area contributed by atoms with Gasteiger partial charge < -0.3 is 5.11 Å². The first-order valence-corrected chi connectivity index (χ1v) is 3.93. The quantitative estimate of drug-likeness (QED) is 0.571. The van der Waals surface area contributed by atoms with Crippen molar-refractivity contribution in [2.45, 2.75) is 32.6 Å². The van der Waals surface area contributed by atoms with Crippen molar-refractivity contribution in [1.82, 2.24) is 0 Å². The van der Waals surface area contributed by atoms with Gasteiger partial charge >= 0.3 is 0 Å². The minimum atomic E-state index is 0.407. The fourth-order valence-corrected chi connectivity index (χ4v) is 1.73. The molecule has 1 N–H and O–H groups in total. The van der Waals surface area contributed by atoms with Gasteiger partial charge in [-0.25, -0.2) is 0 Å². The van der Waals surface area contributed by atoms with Crippen LogP contribution in [-0.4, -0.2) is 11.7 Å². The number of rotatable bonds is 1. The van der Waals surface area contributed by atoms with E-state index in [0.29, 0.717) is 12.5 Å². The molecule has 0 aromatic rings. The Morgan fingerprint density at radius 1 is 1.44 bits per heavy atom. The molecule has 0 radical (unpaired) electrons. The first-order valence-electron chi connectivity index (χ1n) is 3.93. The highest BCUT2D eigenvalue weighted by Gasteiger charge is 2.17. The molecule has 1 aliphatic rings. The van der Waals surface area contributed by atoms with E-state index in [9.17, 15) is 0 Å². The van der Waals surface area contributed by atoms with Crippen LogP contribution in [0.3, 0.4) is 0 Å². The summed E-state index contributed by atoms with van der Waals surface area (Å²) < 4.78 is 0. The van der Waals surface area contributed by atoms with Crippen molar-refractivity contribution in [3.8, 4) is 0 Å². The minimum Gasteiger partial charge on any atom is -0.396 e. The molecule has 54 valence electrons. The Kier molecular flexibility index (Phi) is 2.52. The van der Waals surface area contributed by atoms with Gasteiger partial charge in [0.2, 0.25) is 0 Å². The molecule has 1 saturated carbocycles. The number of hydrogen-bond acceptors (Lipinski definition) is 1. The molecule has 0 aromatic carbocycles. The topological polar surface area (TPSA) is 20.2 Å². The second kappa shape index (κ2) is 3.21. The third-order valence-corrected chi connectivity index (χ3v) is 2.30. The number of aliphatic hydroxyl groups is 1. The third kappa shape index (κ3) is 1.98. The monoisotopic (exact) mass is 128 g/mol. The smallest absolute Gasteiger partial charge is 0.0459 e. The van der Waals surface area contributed by atoms with Gasteiger partial charge in [-0.2, -0.15) is 0 Å². The zero-order valence-corrected chi connectivity index (χ0v) is 6.14. The highest BCUT2D eigenvalue weighted by molar-refractivity contribution is 4.68. The van der Waals surface area contributed by atoms with Gasteiger partial charge in [0.25, 0.3) is 0 Å². The number of aliphatic hydroxyl groups excluding tert-OH is 1. The summed E-state index contributed by atoms with van der Waals surface area (Å²) in [6, 6.07) is 0.